The van der Waals surface area contributed by atoms with E-state index >= 15 is 0 Å². The summed E-state index contributed by atoms with van der Waals surface area (Å²) < 4.78 is 31.6. The van der Waals surface area contributed by atoms with Gasteiger partial charge < -0.3 is 44.0 Å². The summed E-state index contributed by atoms with van der Waals surface area (Å²) in [6, 6.07) is 68.5. The molecule has 4 N–H and O–H groups in total. The van der Waals surface area contributed by atoms with Crippen LogP contribution >= 0.6 is 0 Å². The topological polar surface area (TPSA) is 137 Å². The minimum atomic E-state index is -0.363. The number of nitrogens with two attached hydrogens (primary N) is 1. The van der Waals surface area contributed by atoms with Gasteiger partial charge in [0.1, 0.15) is 52.1 Å². The van der Waals surface area contributed by atoms with Crippen molar-refractivity contribution in [3.05, 3.63) is 278 Å². The Morgan fingerprint density at radius 3 is 1.32 bits per heavy atom. The van der Waals surface area contributed by atoms with E-state index in [1.807, 2.05) is 112 Å². The number of ether oxygens (including phenoxy) is 2. The molecule has 0 unspecified atom stereocenters. The normalized spacial score (nSPS) is 11.1. The maximum atomic E-state index is 14.4. The quantitative estimate of drug-likeness (QED) is 0.0704. The van der Waals surface area contributed by atoms with Gasteiger partial charge >= 0.3 is 23.1 Å². The number of H-pyrrole nitrogens is 2. The third-order valence-corrected chi connectivity index (χ3v) is 15.0. The number of pyridine rings is 2. The summed E-state index contributed by atoms with van der Waals surface area (Å²) in [5.41, 5.74) is 16.7. The van der Waals surface area contributed by atoms with Gasteiger partial charge in [0.05, 0.1) is 27.6 Å². The number of nitrogen functional groups attached to an aromatic ring is 1. The van der Waals surface area contributed by atoms with Crippen molar-refractivity contribution in [3.63, 3.8) is 0 Å². The van der Waals surface area contributed by atoms with Gasteiger partial charge in [-0.05, 0) is 143 Å². The summed E-state index contributed by atoms with van der Waals surface area (Å²) in [5.74, 6) is 5.37. The molecule has 90 heavy (non-hydrogen) atoms. The molecule has 14 rings (SSSR count). The zero-order valence-corrected chi connectivity index (χ0v) is 54.1. The molecular weight excluding hydrogens is 1150 g/mol. The average molecular weight is 1220 g/mol. The van der Waals surface area contributed by atoms with E-state index < -0.39 is 0 Å². The molecule has 0 saturated heterocycles. The molecule has 0 aliphatic heterocycles. The van der Waals surface area contributed by atoms with Gasteiger partial charge in [-0.3, -0.25) is 9.13 Å². The van der Waals surface area contributed by atoms with Crippen LogP contribution in [0.3, 0.4) is 0 Å². The molecule has 14 heteroatoms. The van der Waals surface area contributed by atoms with Crippen molar-refractivity contribution >= 4 is 72.4 Å². The zero-order chi connectivity index (χ0) is 61.4. The molecule has 0 aliphatic carbocycles. The van der Waals surface area contributed by atoms with Crippen molar-refractivity contribution in [3.8, 4) is 57.4 Å². The molecule has 0 atom stereocenters. The molecule has 6 heterocycles. The zero-order valence-electron chi connectivity index (χ0n) is 51.9. The molecule has 6 aromatic heterocycles. The standard InChI is InChI=1S/C37H32N4O.C30H25FN4O.C6H7N.C3H7.ClH.Mg/c1-37(2,3)27-17-18-38-35(22-27)41-33-12-8-7-11-30(33)31-16-15-29(24-34(31)41)42-28-14-13-26(21-25-9-5-4-6-10-25)32(23-28)36-39-19-20-40-36;1-30(2,3)19-12-13-32-28(16-19)35-26-7-5-4-6-22(26)23-10-8-21(18-27(23)35)36-20-9-11-25(31)24(17-20)29-33-14-15-34-29;7-6-4-2-1-3-5-6;1-3-2;;/h4-20,22-24H,21H2,1-3H3,(H,39,40);4-18H,1-3H3,(H,33,34);1-5H,7H2;3H,1-2H3;1H;/q;;;-1;;+2/p-1. The van der Waals surface area contributed by atoms with Crippen LogP contribution in [0.25, 0.3) is 78.0 Å². The van der Waals surface area contributed by atoms with E-state index in [4.69, 9.17) is 25.2 Å². The Morgan fingerprint density at radius 1 is 0.456 bits per heavy atom. The Labute approximate surface area is 547 Å². The van der Waals surface area contributed by atoms with Crippen LogP contribution in [0, 0.1) is 12.2 Å². The van der Waals surface area contributed by atoms with Crippen molar-refractivity contribution < 1.29 is 26.3 Å². The number of aromatic amines is 2. The molecule has 0 aliphatic rings. The Kier molecular flexibility index (Phi) is 20.7. The van der Waals surface area contributed by atoms with E-state index in [1.54, 1.807) is 30.7 Å². The molecule has 11 nitrogen and oxygen atoms in total. The van der Waals surface area contributed by atoms with E-state index in [1.165, 1.54) is 33.7 Å². The maximum absolute atomic E-state index is 14.4. The first kappa shape index (κ1) is 64.9. The van der Waals surface area contributed by atoms with Crippen LogP contribution in [0.15, 0.2) is 243 Å². The molecular formula is C76H71ClFMgN9O2. The van der Waals surface area contributed by atoms with Gasteiger partial charge in [-0.15, -0.1) is 0 Å². The largest absolute Gasteiger partial charge is 2.00 e. The van der Waals surface area contributed by atoms with Gasteiger partial charge in [0.25, 0.3) is 0 Å². The summed E-state index contributed by atoms with van der Waals surface area (Å²) >= 11 is 0. The molecule has 0 radical (unpaired) electrons. The number of benzene rings is 8. The predicted octanol–water partition coefficient (Wildman–Crippen LogP) is 16.2. The van der Waals surface area contributed by atoms with E-state index in [2.05, 4.69) is 186 Å². The summed E-state index contributed by atoms with van der Waals surface area (Å²) in [7, 11) is 0. The fourth-order valence-corrected chi connectivity index (χ4v) is 10.6. The Bertz CT molecular complexity index is 4650. The van der Waals surface area contributed by atoms with Gasteiger partial charge in [0, 0.05) is 82.1 Å². The van der Waals surface area contributed by atoms with Crippen molar-refractivity contribution in [2.24, 2.45) is 0 Å². The number of halogens is 2. The number of aromatic nitrogens is 8. The van der Waals surface area contributed by atoms with Crippen LogP contribution in [0.1, 0.15) is 77.6 Å². The van der Waals surface area contributed by atoms with Crippen LogP contribution in [-0.2, 0) is 17.3 Å². The minimum absolute atomic E-state index is 0. The Morgan fingerprint density at radius 2 is 0.867 bits per heavy atom. The molecule has 8 aromatic carbocycles. The second-order valence-corrected chi connectivity index (χ2v) is 23.6. The Balaban J connectivity index is 0.000000183. The number of hydrogen-bond donors (Lipinski definition) is 3. The van der Waals surface area contributed by atoms with Crippen LogP contribution in [0.5, 0.6) is 23.0 Å². The fourth-order valence-electron chi connectivity index (χ4n) is 10.6. The van der Waals surface area contributed by atoms with E-state index in [-0.39, 0.29) is 52.1 Å². The van der Waals surface area contributed by atoms with Gasteiger partial charge in [0.15, 0.2) is 0 Å². The molecule has 0 amide bonds. The maximum Gasteiger partial charge on any atom is 2.00 e. The molecule has 14 aromatic rings. The number of nitrogens with one attached hydrogen (secondary N) is 2. The molecule has 448 valence electrons. The average Bonchev–Trinajstić information content (AvgIpc) is 1.61. The third-order valence-electron chi connectivity index (χ3n) is 15.0. The summed E-state index contributed by atoms with van der Waals surface area (Å²) in [4.78, 5) is 24.5. The van der Waals surface area contributed by atoms with Gasteiger partial charge in [-0.25, -0.2) is 24.3 Å². The van der Waals surface area contributed by atoms with Crippen molar-refractivity contribution in [1.29, 1.82) is 0 Å². The van der Waals surface area contributed by atoms with Gasteiger partial charge in [-0.1, -0.05) is 133 Å². The molecule has 0 spiro atoms. The van der Waals surface area contributed by atoms with E-state index in [0.717, 1.165) is 84.9 Å². The predicted molar refractivity (Wildman–Crippen MR) is 364 cm³/mol. The molecule has 0 bridgehead atoms. The number of hydrogen-bond acceptors (Lipinski definition) is 7. The van der Waals surface area contributed by atoms with Crippen LogP contribution in [0.2, 0.25) is 0 Å². The first-order chi connectivity index (χ1) is 42.6. The summed E-state index contributed by atoms with van der Waals surface area (Å²) in [6.45, 7) is 17.3. The second kappa shape index (κ2) is 28.7. The van der Waals surface area contributed by atoms with Crippen molar-refractivity contribution in [1.82, 2.24) is 39.0 Å². The van der Waals surface area contributed by atoms with Gasteiger partial charge in [-0.2, -0.15) is 13.8 Å². The second-order valence-electron chi connectivity index (χ2n) is 23.6. The number of anilines is 1. The monoisotopic (exact) mass is 1220 g/mol. The van der Waals surface area contributed by atoms with Crippen molar-refractivity contribution in [2.45, 2.75) is 72.6 Å². The fraction of sp³-hybridized carbons (Fsp3) is 0.145. The SMILES string of the molecule is CC(C)(C)c1ccnc(-n2c3ccccc3c3ccc(Oc4ccc(Cc5ccccc5)c(-c5ncc[nH]5)c4)cc32)c1.CC(C)(C)c1ccnc(-n2c3ccccc3c3ccc(Oc4ccc(F)c(-c5ncc[nH]5)c4)cc32)c1.C[CH-]C.Nc1ccccc1.[Cl-].[Mg+2]. The van der Waals surface area contributed by atoms with Gasteiger partial charge in [0.2, 0.25) is 0 Å². The Hall–Kier alpha value is -9.53. The van der Waals surface area contributed by atoms with E-state index in [0.29, 0.717) is 22.9 Å². The molecule has 0 saturated carbocycles. The van der Waals surface area contributed by atoms with Crippen molar-refractivity contribution in [2.75, 3.05) is 5.73 Å². The third kappa shape index (κ3) is 14.8. The van der Waals surface area contributed by atoms with Crippen LogP contribution < -0.4 is 27.6 Å². The van der Waals surface area contributed by atoms with E-state index in [9.17, 15) is 4.39 Å². The number of rotatable bonds is 10. The number of imidazole rings is 2. The van der Waals surface area contributed by atoms with Crippen LogP contribution in [-0.4, -0.2) is 62.1 Å². The first-order valence-electron chi connectivity index (χ1n) is 29.5. The number of para-hydroxylation sites is 3. The number of fused-ring (bicyclic) bond motifs is 6. The minimum Gasteiger partial charge on any atom is -1.00 e. The smallest absolute Gasteiger partial charge is 1.00 e. The number of nitrogens with zero attached hydrogens (tertiary/aromatic N) is 6. The first-order valence-corrected chi connectivity index (χ1v) is 29.5. The summed E-state index contributed by atoms with van der Waals surface area (Å²) in [6.07, 6.45) is 13.5. The van der Waals surface area contributed by atoms with Crippen LogP contribution in [0.4, 0.5) is 10.1 Å². The molecule has 0 fully saturated rings. The summed E-state index contributed by atoms with van der Waals surface area (Å²) in [5, 5.41) is 4.60.